The van der Waals surface area contributed by atoms with Crippen LogP contribution >= 0.6 is 22.9 Å². The summed E-state index contributed by atoms with van der Waals surface area (Å²) in [7, 11) is 0. The lowest BCUT2D eigenvalue weighted by Gasteiger charge is -2.20. The van der Waals surface area contributed by atoms with Gasteiger partial charge in [0, 0.05) is 25.5 Å². The lowest BCUT2D eigenvalue weighted by atomic mass is 10.2. The van der Waals surface area contributed by atoms with Crippen LogP contribution in [0.1, 0.15) is 11.1 Å². The SMILES string of the molecule is ClCCN(Cc1ccccc1)Cc1ccsc1. The molecule has 0 saturated carbocycles. The van der Waals surface area contributed by atoms with Gasteiger partial charge >= 0.3 is 0 Å². The van der Waals surface area contributed by atoms with E-state index in [1.807, 2.05) is 6.07 Å². The monoisotopic (exact) mass is 265 g/mol. The van der Waals surface area contributed by atoms with E-state index in [-0.39, 0.29) is 0 Å². The van der Waals surface area contributed by atoms with E-state index in [1.165, 1.54) is 11.1 Å². The van der Waals surface area contributed by atoms with E-state index in [0.717, 1.165) is 19.6 Å². The molecule has 0 radical (unpaired) electrons. The van der Waals surface area contributed by atoms with Crippen LogP contribution < -0.4 is 0 Å². The van der Waals surface area contributed by atoms with Crippen LogP contribution in [0, 0.1) is 0 Å². The highest BCUT2D eigenvalue weighted by molar-refractivity contribution is 7.07. The lowest BCUT2D eigenvalue weighted by molar-refractivity contribution is 0.273. The third-order valence-electron chi connectivity index (χ3n) is 2.64. The smallest absolute Gasteiger partial charge is 0.0351 e. The van der Waals surface area contributed by atoms with Crippen molar-refractivity contribution in [1.29, 1.82) is 0 Å². The second-order valence-electron chi connectivity index (χ2n) is 4.02. The molecule has 0 N–H and O–H groups in total. The first-order chi connectivity index (χ1) is 8.38. The highest BCUT2D eigenvalue weighted by Gasteiger charge is 2.06. The Morgan fingerprint density at radius 1 is 1.00 bits per heavy atom. The van der Waals surface area contributed by atoms with Crippen LogP contribution in [-0.2, 0) is 13.1 Å². The molecule has 0 amide bonds. The molecule has 0 atom stereocenters. The highest BCUT2D eigenvalue weighted by Crippen LogP contribution is 2.12. The van der Waals surface area contributed by atoms with Crippen LogP contribution in [0.3, 0.4) is 0 Å². The predicted octanol–water partition coefficient (Wildman–Crippen LogP) is 3.99. The minimum absolute atomic E-state index is 0.678. The molecule has 1 heterocycles. The van der Waals surface area contributed by atoms with Crippen molar-refractivity contribution in [1.82, 2.24) is 4.90 Å². The zero-order valence-electron chi connectivity index (χ0n) is 9.68. The Kier molecular flexibility index (Phi) is 5.05. The van der Waals surface area contributed by atoms with Crippen LogP contribution in [0.4, 0.5) is 0 Å². The molecule has 0 spiro atoms. The van der Waals surface area contributed by atoms with Gasteiger partial charge in [-0.05, 0) is 28.0 Å². The van der Waals surface area contributed by atoms with Crippen molar-refractivity contribution >= 4 is 22.9 Å². The summed E-state index contributed by atoms with van der Waals surface area (Å²) in [5, 5.41) is 4.32. The standard InChI is InChI=1S/C14H16ClNS/c15-7-8-16(11-14-6-9-17-12-14)10-13-4-2-1-3-5-13/h1-6,9,12H,7-8,10-11H2. The van der Waals surface area contributed by atoms with Gasteiger partial charge < -0.3 is 0 Å². The van der Waals surface area contributed by atoms with Gasteiger partial charge in [0.2, 0.25) is 0 Å². The molecule has 0 aliphatic heterocycles. The van der Waals surface area contributed by atoms with Gasteiger partial charge in [-0.25, -0.2) is 0 Å². The molecule has 0 fully saturated rings. The minimum Gasteiger partial charge on any atom is -0.294 e. The van der Waals surface area contributed by atoms with Crippen molar-refractivity contribution in [3.8, 4) is 0 Å². The Labute approximate surface area is 112 Å². The summed E-state index contributed by atoms with van der Waals surface area (Å²) < 4.78 is 0. The van der Waals surface area contributed by atoms with Crippen molar-refractivity contribution in [2.24, 2.45) is 0 Å². The fourth-order valence-corrected chi connectivity index (χ4v) is 2.71. The van der Waals surface area contributed by atoms with Gasteiger partial charge in [-0.1, -0.05) is 30.3 Å². The van der Waals surface area contributed by atoms with Crippen molar-refractivity contribution in [3.63, 3.8) is 0 Å². The molecule has 1 aromatic carbocycles. The summed E-state index contributed by atoms with van der Waals surface area (Å²) in [5.74, 6) is 0.678. The first-order valence-corrected chi connectivity index (χ1v) is 7.19. The third kappa shape index (κ3) is 4.15. The minimum atomic E-state index is 0.678. The van der Waals surface area contributed by atoms with E-state index in [0.29, 0.717) is 5.88 Å². The first kappa shape index (κ1) is 12.6. The number of hydrogen-bond acceptors (Lipinski definition) is 2. The fourth-order valence-electron chi connectivity index (χ4n) is 1.82. The maximum atomic E-state index is 5.86. The molecule has 3 heteroatoms. The Morgan fingerprint density at radius 3 is 2.41 bits per heavy atom. The number of thiophene rings is 1. The quantitative estimate of drug-likeness (QED) is 0.714. The van der Waals surface area contributed by atoms with Crippen LogP contribution in [0.2, 0.25) is 0 Å². The summed E-state index contributed by atoms with van der Waals surface area (Å²) in [5.41, 5.74) is 2.71. The molecule has 0 aliphatic rings. The van der Waals surface area contributed by atoms with Crippen molar-refractivity contribution < 1.29 is 0 Å². The van der Waals surface area contributed by atoms with E-state index in [9.17, 15) is 0 Å². The molecule has 0 saturated heterocycles. The molecule has 0 bridgehead atoms. The predicted molar refractivity (Wildman–Crippen MR) is 75.6 cm³/mol. The molecule has 17 heavy (non-hydrogen) atoms. The molecular formula is C14H16ClNS. The summed E-state index contributed by atoms with van der Waals surface area (Å²) in [6.45, 7) is 2.86. The zero-order valence-corrected chi connectivity index (χ0v) is 11.3. The summed E-state index contributed by atoms with van der Waals surface area (Å²) in [6.07, 6.45) is 0. The van der Waals surface area contributed by atoms with Gasteiger partial charge in [0.1, 0.15) is 0 Å². The Balaban J connectivity index is 1.97. The maximum absolute atomic E-state index is 5.86. The van der Waals surface area contributed by atoms with E-state index in [1.54, 1.807) is 11.3 Å². The molecule has 1 aromatic heterocycles. The molecule has 90 valence electrons. The zero-order chi connectivity index (χ0) is 11.9. The Morgan fingerprint density at radius 2 is 1.76 bits per heavy atom. The van der Waals surface area contributed by atoms with Gasteiger partial charge in [0.15, 0.2) is 0 Å². The molecule has 1 nitrogen and oxygen atoms in total. The molecular weight excluding hydrogens is 250 g/mol. The van der Waals surface area contributed by atoms with Crippen LogP contribution in [0.25, 0.3) is 0 Å². The third-order valence-corrected chi connectivity index (χ3v) is 3.54. The van der Waals surface area contributed by atoms with Crippen molar-refractivity contribution in [2.45, 2.75) is 13.1 Å². The van der Waals surface area contributed by atoms with Crippen LogP contribution in [0.15, 0.2) is 47.2 Å². The number of halogens is 1. The van der Waals surface area contributed by atoms with Gasteiger partial charge in [0.05, 0.1) is 0 Å². The summed E-state index contributed by atoms with van der Waals surface area (Å²) >= 11 is 7.61. The number of rotatable bonds is 6. The van der Waals surface area contributed by atoms with E-state index < -0.39 is 0 Å². The van der Waals surface area contributed by atoms with Gasteiger partial charge in [-0.2, -0.15) is 11.3 Å². The number of benzene rings is 1. The first-order valence-electron chi connectivity index (χ1n) is 5.72. The second-order valence-corrected chi connectivity index (χ2v) is 5.17. The normalized spacial score (nSPS) is 10.9. The fraction of sp³-hybridized carbons (Fsp3) is 0.286. The van der Waals surface area contributed by atoms with E-state index >= 15 is 0 Å². The van der Waals surface area contributed by atoms with Gasteiger partial charge in [-0.15, -0.1) is 11.6 Å². The molecule has 0 aliphatic carbocycles. The van der Waals surface area contributed by atoms with Crippen molar-refractivity contribution in [3.05, 3.63) is 58.3 Å². The average Bonchev–Trinajstić information content (AvgIpc) is 2.83. The Hall–Kier alpha value is -0.830. The van der Waals surface area contributed by atoms with Crippen LogP contribution in [0.5, 0.6) is 0 Å². The number of hydrogen-bond donors (Lipinski definition) is 0. The maximum Gasteiger partial charge on any atom is 0.0351 e. The van der Waals surface area contributed by atoms with E-state index in [4.69, 9.17) is 11.6 Å². The summed E-state index contributed by atoms with van der Waals surface area (Å²) in [6, 6.07) is 12.7. The highest BCUT2D eigenvalue weighted by atomic mass is 35.5. The topological polar surface area (TPSA) is 3.24 Å². The largest absolute Gasteiger partial charge is 0.294 e. The number of nitrogens with zero attached hydrogens (tertiary/aromatic N) is 1. The number of alkyl halides is 1. The van der Waals surface area contributed by atoms with Crippen LogP contribution in [-0.4, -0.2) is 17.3 Å². The van der Waals surface area contributed by atoms with E-state index in [2.05, 4.69) is 46.0 Å². The van der Waals surface area contributed by atoms with Gasteiger partial charge in [-0.3, -0.25) is 4.90 Å². The van der Waals surface area contributed by atoms with Crippen molar-refractivity contribution in [2.75, 3.05) is 12.4 Å². The lowest BCUT2D eigenvalue weighted by Crippen LogP contribution is -2.24. The van der Waals surface area contributed by atoms with Gasteiger partial charge in [0.25, 0.3) is 0 Å². The second kappa shape index (κ2) is 6.80. The Bertz CT molecular complexity index is 413. The molecule has 0 unspecified atom stereocenters. The average molecular weight is 266 g/mol. The molecule has 2 rings (SSSR count). The summed E-state index contributed by atoms with van der Waals surface area (Å²) in [4.78, 5) is 2.38. The molecule has 2 aromatic rings.